The lowest BCUT2D eigenvalue weighted by Gasteiger charge is -2.54. The molecule has 7 unspecified atom stereocenters. The zero-order chi connectivity index (χ0) is 15.4. The van der Waals surface area contributed by atoms with E-state index in [1.165, 1.54) is 12.8 Å². The minimum atomic E-state index is -0.567. The molecule has 1 N–H and O–H groups in total. The Bertz CT molecular complexity index is 491. The van der Waals surface area contributed by atoms with Crippen molar-refractivity contribution in [1.29, 1.82) is 0 Å². The number of rotatable bonds is 1. The van der Waals surface area contributed by atoms with E-state index in [9.17, 15) is 14.7 Å². The Hall–Kier alpha value is -1.06. The van der Waals surface area contributed by atoms with Gasteiger partial charge in [0.25, 0.3) is 0 Å². The van der Waals surface area contributed by atoms with Gasteiger partial charge in [-0.3, -0.25) is 9.59 Å². The molecule has 0 bridgehead atoms. The lowest BCUT2D eigenvalue weighted by atomic mass is 9.55. The monoisotopic (exact) mass is 305 g/mol. The smallest absolute Gasteiger partial charge is 0.306 e. The van der Waals surface area contributed by atoms with Gasteiger partial charge in [-0.25, -0.2) is 0 Å². The molecular weight excluding hydrogens is 278 g/mol. The van der Waals surface area contributed by atoms with E-state index in [0.29, 0.717) is 36.1 Å². The maximum absolute atomic E-state index is 12.0. The fraction of sp³-hybridized carbons (Fsp3) is 0.889. The van der Waals surface area contributed by atoms with Crippen LogP contribution in [-0.2, 0) is 9.59 Å². The molecule has 4 aliphatic rings. The molecule has 3 aliphatic carbocycles. The van der Waals surface area contributed by atoms with Crippen molar-refractivity contribution in [1.82, 2.24) is 4.90 Å². The molecule has 0 spiro atoms. The molecule has 0 aromatic rings. The number of carboxylic acids is 1. The first-order valence-corrected chi connectivity index (χ1v) is 9.06. The zero-order valence-corrected chi connectivity index (χ0v) is 13.4. The zero-order valence-electron chi connectivity index (χ0n) is 13.4. The van der Waals surface area contributed by atoms with Crippen molar-refractivity contribution in [2.24, 2.45) is 35.5 Å². The molecule has 0 aromatic carbocycles. The van der Waals surface area contributed by atoms with Crippen molar-refractivity contribution < 1.29 is 14.7 Å². The van der Waals surface area contributed by atoms with Crippen LogP contribution in [0.4, 0.5) is 0 Å². The summed E-state index contributed by atoms with van der Waals surface area (Å²) in [4.78, 5) is 25.5. The highest BCUT2D eigenvalue weighted by molar-refractivity contribution is 5.77. The summed E-state index contributed by atoms with van der Waals surface area (Å²) >= 11 is 0. The predicted molar refractivity (Wildman–Crippen MR) is 82.1 cm³/mol. The third-order valence-corrected chi connectivity index (χ3v) is 7.55. The quantitative estimate of drug-likeness (QED) is 0.810. The van der Waals surface area contributed by atoms with Crippen LogP contribution in [-0.4, -0.2) is 35.0 Å². The summed E-state index contributed by atoms with van der Waals surface area (Å²) in [6.07, 6.45) is 8.42. The highest BCUT2D eigenvalue weighted by Gasteiger charge is 2.53. The average Bonchev–Trinajstić information content (AvgIpc) is 2.94. The average molecular weight is 305 g/mol. The van der Waals surface area contributed by atoms with Crippen molar-refractivity contribution in [2.75, 3.05) is 7.05 Å². The van der Waals surface area contributed by atoms with E-state index < -0.39 is 5.97 Å². The molecule has 0 aromatic heterocycles. The minimum Gasteiger partial charge on any atom is -0.481 e. The van der Waals surface area contributed by atoms with Crippen LogP contribution in [0.1, 0.15) is 51.4 Å². The Kier molecular flexibility index (Phi) is 3.46. The lowest BCUT2D eigenvalue weighted by Crippen LogP contribution is -2.54. The fourth-order valence-electron chi connectivity index (χ4n) is 6.63. The maximum atomic E-state index is 12.0. The Balaban J connectivity index is 1.54. The van der Waals surface area contributed by atoms with Crippen molar-refractivity contribution in [3.8, 4) is 0 Å². The van der Waals surface area contributed by atoms with Crippen molar-refractivity contribution in [3.05, 3.63) is 0 Å². The first kappa shape index (κ1) is 14.5. The number of nitrogens with zero attached hydrogens (tertiary/aromatic N) is 1. The van der Waals surface area contributed by atoms with Crippen molar-refractivity contribution >= 4 is 11.9 Å². The van der Waals surface area contributed by atoms with Crippen molar-refractivity contribution in [3.63, 3.8) is 0 Å². The summed E-state index contributed by atoms with van der Waals surface area (Å²) in [6.45, 7) is 0. The summed E-state index contributed by atoms with van der Waals surface area (Å²) in [5.74, 6) is 2.88. The Morgan fingerprint density at radius 3 is 2.27 bits per heavy atom. The van der Waals surface area contributed by atoms with Crippen LogP contribution in [0.5, 0.6) is 0 Å². The second-order valence-electron chi connectivity index (χ2n) is 8.11. The molecule has 22 heavy (non-hydrogen) atoms. The summed E-state index contributed by atoms with van der Waals surface area (Å²) in [6, 6.07) is 0.454. The van der Waals surface area contributed by atoms with E-state index in [-0.39, 0.29) is 5.92 Å². The molecular formula is C18H27NO3. The van der Waals surface area contributed by atoms with Gasteiger partial charge < -0.3 is 10.0 Å². The molecule has 4 heteroatoms. The molecule has 0 radical (unpaired) electrons. The first-order valence-electron chi connectivity index (χ1n) is 9.06. The van der Waals surface area contributed by atoms with E-state index in [2.05, 4.69) is 0 Å². The Morgan fingerprint density at radius 2 is 1.50 bits per heavy atom. The number of hydrogen-bond acceptors (Lipinski definition) is 2. The van der Waals surface area contributed by atoms with Gasteiger partial charge in [-0.05, 0) is 74.5 Å². The molecule has 1 amide bonds. The number of amides is 1. The molecule has 122 valence electrons. The number of fused-ring (bicyclic) bond motifs is 5. The molecule has 1 aliphatic heterocycles. The standard InChI is InChI=1S/C18H27NO3/c1-19-16-8-6-11-10-4-5-15(18(21)22)13(10)3-2-12(11)14(16)7-9-17(19)20/h10-16H,2-9H2,1H3,(H,21,22). The number of piperidine rings is 1. The number of aliphatic carboxylic acids is 1. The van der Waals surface area contributed by atoms with Crippen LogP contribution in [0, 0.1) is 35.5 Å². The first-order chi connectivity index (χ1) is 10.6. The SMILES string of the molecule is CN1C(=O)CCC2C3CCC4C(C(=O)O)CCC4C3CCC21. The second kappa shape index (κ2) is 5.24. The summed E-state index contributed by atoms with van der Waals surface area (Å²) < 4.78 is 0. The van der Waals surface area contributed by atoms with Crippen LogP contribution >= 0.6 is 0 Å². The molecule has 1 saturated heterocycles. The van der Waals surface area contributed by atoms with Gasteiger partial charge in [0.1, 0.15) is 0 Å². The fourth-order valence-corrected chi connectivity index (χ4v) is 6.63. The van der Waals surface area contributed by atoms with E-state index in [1.54, 1.807) is 0 Å². The summed E-state index contributed by atoms with van der Waals surface area (Å²) in [5, 5.41) is 9.46. The minimum absolute atomic E-state index is 0.0840. The van der Waals surface area contributed by atoms with Gasteiger partial charge in [0.15, 0.2) is 0 Å². The van der Waals surface area contributed by atoms with Crippen molar-refractivity contribution in [2.45, 2.75) is 57.4 Å². The third-order valence-electron chi connectivity index (χ3n) is 7.55. The number of carboxylic acid groups (broad SMARTS) is 1. The highest BCUT2D eigenvalue weighted by Crippen LogP contribution is 2.57. The van der Waals surface area contributed by atoms with Gasteiger partial charge in [0.2, 0.25) is 5.91 Å². The van der Waals surface area contributed by atoms with Gasteiger partial charge in [-0.15, -0.1) is 0 Å². The normalized spacial score (nSPS) is 47.6. The van der Waals surface area contributed by atoms with Gasteiger partial charge >= 0.3 is 5.97 Å². The third kappa shape index (κ3) is 2.02. The van der Waals surface area contributed by atoms with Crippen LogP contribution in [0.2, 0.25) is 0 Å². The van der Waals surface area contributed by atoms with Crippen LogP contribution < -0.4 is 0 Å². The van der Waals surface area contributed by atoms with Gasteiger partial charge in [-0.2, -0.15) is 0 Å². The van der Waals surface area contributed by atoms with Gasteiger partial charge in [0.05, 0.1) is 5.92 Å². The van der Waals surface area contributed by atoms with E-state index in [4.69, 9.17) is 0 Å². The molecule has 7 atom stereocenters. The van der Waals surface area contributed by atoms with Crippen LogP contribution in [0.15, 0.2) is 0 Å². The predicted octanol–water partition coefficient (Wildman–Crippen LogP) is 2.77. The van der Waals surface area contributed by atoms with Crippen LogP contribution in [0.25, 0.3) is 0 Å². The molecule has 4 nitrogen and oxygen atoms in total. The molecule has 3 saturated carbocycles. The second-order valence-corrected chi connectivity index (χ2v) is 8.11. The van der Waals surface area contributed by atoms with Crippen LogP contribution in [0.3, 0.4) is 0 Å². The van der Waals surface area contributed by atoms with E-state index in [1.807, 2.05) is 11.9 Å². The summed E-state index contributed by atoms with van der Waals surface area (Å²) in [5.41, 5.74) is 0. The Morgan fingerprint density at radius 1 is 0.909 bits per heavy atom. The molecule has 4 fully saturated rings. The number of hydrogen-bond donors (Lipinski definition) is 1. The summed E-state index contributed by atoms with van der Waals surface area (Å²) in [7, 11) is 1.99. The maximum Gasteiger partial charge on any atom is 0.306 e. The largest absolute Gasteiger partial charge is 0.481 e. The highest BCUT2D eigenvalue weighted by atomic mass is 16.4. The molecule has 4 rings (SSSR count). The number of carbonyl (C=O) groups excluding carboxylic acids is 1. The number of likely N-dealkylation sites (tertiary alicyclic amines) is 1. The number of carbonyl (C=O) groups is 2. The van der Waals surface area contributed by atoms with E-state index in [0.717, 1.165) is 43.9 Å². The van der Waals surface area contributed by atoms with Gasteiger partial charge in [0, 0.05) is 19.5 Å². The van der Waals surface area contributed by atoms with Gasteiger partial charge in [-0.1, -0.05) is 0 Å². The lowest BCUT2D eigenvalue weighted by molar-refractivity contribution is -0.147. The molecule has 1 heterocycles. The topological polar surface area (TPSA) is 57.6 Å². The van der Waals surface area contributed by atoms with E-state index >= 15 is 0 Å². The Labute approximate surface area is 132 Å².